The molecule has 0 aliphatic heterocycles. The summed E-state index contributed by atoms with van der Waals surface area (Å²) in [7, 11) is 0. The van der Waals surface area contributed by atoms with Gasteiger partial charge in [-0.25, -0.2) is 4.39 Å². The summed E-state index contributed by atoms with van der Waals surface area (Å²) in [6.45, 7) is 3.61. The van der Waals surface area contributed by atoms with Gasteiger partial charge in [0.25, 0.3) is 0 Å². The predicted molar refractivity (Wildman–Crippen MR) is 97.5 cm³/mol. The minimum atomic E-state index is -0.520. The lowest BCUT2D eigenvalue weighted by molar-refractivity contribution is -0.117. The number of nitrogens with one attached hydrogen (secondary N) is 2. The fourth-order valence-electron chi connectivity index (χ4n) is 2.22. The second-order valence-electron chi connectivity index (χ2n) is 5.39. The number of amides is 1. The first-order chi connectivity index (χ1) is 11.3. The molecule has 0 bridgehead atoms. The molecule has 0 aromatic heterocycles. The summed E-state index contributed by atoms with van der Waals surface area (Å²) in [4.78, 5) is 12.3. The van der Waals surface area contributed by atoms with E-state index in [9.17, 15) is 9.18 Å². The van der Waals surface area contributed by atoms with Crippen molar-refractivity contribution in [2.75, 3.05) is 5.32 Å². The molecule has 0 aliphatic rings. The van der Waals surface area contributed by atoms with Crippen LogP contribution in [0.1, 0.15) is 25.5 Å². The molecule has 128 valence electrons. The van der Waals surface area contributed by atoms with E-state index in [0.717, 1.165) is 11.6 Å². The molecule has 0 spiro atoms. The van der Waals surface area contributed by atoms with E-state index in [1.807, 2.05) is 13.0 Å². The maximum Gasteiger partial charge on any atom is 0.241 e. The lowest BCUT2D eigenvalue weighted by atomic mass is 10.1. The zero-order valence-electron chi connectivity index (χ0n) is 13.0. The van der Waals surface area contributed by atoms with E-state index in [4.69, 9.17) is 34.8 Å². The fraction of sp³-hybridized carbons (Fsp3) is 0.235. The number of halogens is 4. The van der Waals surface area contributed by atoms with Crippen molar-refractivity contribution in [3.8, 4) is 0 Å². The van der Waals surface area contributed by atoms with Crippen LogP contribution in [0.5, 0.6) is 0 Å². The van der Waals surface area contributed by atoms with Gasteiger partial charge in [-0.05, 0) is 49.7 Å². The summed E-state index contributed by atoms with van der Waals surface area (Å²) in [5.74, 6) is -0.754. The van der Waals surface area contributed by atoms with E-state index in [1.165, 1.54) is 12.1 Å². The van der Waals surface area contributed by atoms with E-state index in [0.29, 0.717) is 15.7 Å². The first-order valence-electron chi connectivity index (χ1n) is 7.25. The zero-order chi connectivity index (χ0) is 17.9. The molecule has 0 saturated heterocycles. The third kappa shape index (κ3) is 4.84. The molecule has 3 nitrogen and oxygen atoms in total. The number of anilines is 1. The summed E-state index contributed by atoms with van der Waals surface area (Å²) in [6.07, 6.45) is 0. The number of rotatable bonds is 5. The van der Waals surface area contributed by atoms with E-state index in [-0.39, 0.29) is 17.0 Å². The van der Waals surface area contributed by atoms with Crippen LogP contribution in [0.3, 0.4) is 0 Å². The average molecular weight is 390 g/mol. The normalized spacial score (nSPS) is 13.4. The van der Waals surface area contributed by atoms with Crippen LogP contribution in [0, 0.1) is 5.82 Å². The molecule has 7 heteroatoms. The molecule has 0 fully saturated rings. The Morgan fingerprint density at radius 3 is 2.38 bits per heavy atom. The van der Waals surface area contributed by atoms with Gasteiger partial charge in [0.15, 0.2) is 0 Å². The molecular formula is C17H16Cl3FN2O. The highest BCUT2D eigenvalue weighted by Crippen LogP contribution is 2.27. The average Bonchev–Trinajstić information content (AvgIpc) is 2.49. The van der Waals surface area contributed by atoms with Crippen LogP contribution in [-0.4, -0.2) is 11.9 Å². The smallest absolute Gasteiger partial charge is 0.241 e. The first-order valence-corrected chi connectivity index (χ1v) is 8.38. The molecule has 0 aliphatic carbocycles. The summed E-state index contributed by atoms with van der Waals surface area (Å²) in [5.41, 5.74) is 1.19. The fourth-order valence-corrected chi connectivity index (χ4v) is 3.01. The molecule has 0 heterocycles. The van der Waals surface area contributed by atoms with Gasteiger partial charge in [0.1, 0.15) is 5.82 Å². The molecule has 2 atom stereocenters. The van der Waals surface area contributed by atoms with Crippen LogP contribution in [0.4, 0.5) is 10.1 Å². The van der Waals surface area contributed by atoms with Crippen LogP contribution >= 0.6 is 34.8 Å². The standard InChI is InChI=1S/C17H16Cl3FN2O/c1-9(13-5-3-11(18)7-14(13)19)22-10(2)17(24)23-16-6-4-12(21)8-15(16)20/h3-10,22H,1-2H3,(H,23,24)/t9-,10+/m1/s1. The SMILES string of the molecule is C[C@H](N[C@H](C)c1ccc(Cl)cc1Cl)C(=O)Nc1ccc(F)cc1Cl. The van der Waals surface area contributed by atoms with Crippen molar-refractivity contribution in [1.82, 2.24) is 5.32 Å². The second kappa shape index (κ2) is 8.17. The summed E-state index contributed by atoms with van der Waals surface area (Å²) >= 11 is 18.0. The van der Waals surface area contributed by atoms with Gasteiger partial charge in [-0.15, -0.1) is 0 Å². The Bertz CT molecular complexity index is 755. The molecule has 24 heavy (non-hydrogen) atoms. The Kier molecular flexibility index (Phi) is 6.47. The summed E-state index contributed by atoms with van der Waals surface area (Å²) < 4.78 is 13.0. The number of hydrogen-bond acceptors (Lipinski definition) is 2. The van der Waals surface area contributed by atoms with Gasteiger partial charge in [-0.2, -0.15) is 0 Å². The largest absolute Gasteiger partial charge is 0.323 e. The molecule has 0 saturated carbocycles. The predicted octanol–water partition coefficient (Wildman–Crippen LogP) is 5.46. The highest BCUT2D eigenvalue weighted by molar-refractivity contribution is 6.35. The Labute approximate surface area is 155 Å². The zero-order valence-corrected chi connectivity index (χ0v) is 15.3. The van der Waals surface area contributed by atoms with Crippen LogP contribution in [0.15, 0.2) is 36.4 Å². The molecule has 0 radical (unpaired) electrons. The second-order valence-corrected chi connectivity index (χ2v) is 6.64. The summed E-state index contributed by atoms with van der Waals surface area (Å²) in [5, 5.41) is 7.03. The van der Waals surface area contributed by atoms with Crippen molar-refractivity contribution in [2.24, 2.45) is 0 Å². The van der Waals surface area contributed by atoms with Crippen molar-refractivity contribution in [1.29, 1.82) is 0 Å². The molecule has 0 unspecified atom stereocenters. The van der Waals surface area contributed by atoms with Gasteiger partial charge in [-0.1, -0.05) is 40.9 Å². The van der Waals surface area contributed by atoms with E-state index < -0.39 is 11.9 Å². The van der Waals surface area contributed by atoms with Crippen molar-refractivity contribution in [2.45, 2.75) is 25.9 Å². The van der Waals surface area contributed by atoms with Crippen LogP contribution < -0.4 is 10.6 Å². The third-order valence-corrected chi connectivity index (χ3v) is 4.39. The Morgan fingerprint density at radius 2 is 1.75 bits per heavy atom. The van der Waals surface area contributed by atoms with Crippen molar-refractivity contribution < 1.29 is 9.18 Å². The molecule has 2 N–H and O–H groups in total. The highest BCUT2D eigenvalue weighted by atomic mass is 35.5. The van der Waals surface area contributed by atoms with Gasteiger partial charge < -0.3 is 5.32 Å². The van der Waals surface area contributed by atoms with Gasteiger partial charge in [0.2, 0.25) is 5.91 Å². The monoisotopic (exact) mass is 388 g/mol. The van der Waals surface area contributed by atoms with Crippen LogP contribution in [-0.2, 0) is 4.79 Å². The molecule has 2 aromatic rings. The lowest BCUT2D eigenvalue weighted by Gasteiger charge is -2.21. The highest BCUT2D eigenvalue weighted by Gasteiger charge is 2.19. The van der Waals surface area contributed by atoms with Gasteiger partial charge in [0, 0.05) is 16.1 Å². The molecule has 2 aromatic carbocycles. The van der Waals surface area contributed by atoms with Gasteiger partial charge in [-0.3, -0.25) is 10.1 Å². The quantitative estimate of drug-likeness (QED) is 0.712. The van der Waals surface area contributed by atoms with E-state index in [2.05, 4.69) is 10.6 Å². The number of hydrogen-bond donors (Lipinski definition) is 2. The number of carbonyl (C=O) groups is 1. The Morgan fingerprint density at radius 1 is 1.04 bits per heavy atom. The summed E-state index contributed by atoms with van der Waals surface area (Å²) in [6, 6.07) is 8.31. The lowest BCUT2D eigenvalue weighted by Crippen LogP contribution is -2.39. The van der Waals surface area contributed by atoms with E-state index >= 15 is 0 Å². The number of carbonyl (C=O) groups excluding carboxylic acids is 1. The number of benzene rings is 2. The molecule has 2 rings (SSSR count). The minimum absolute atomic E-state index is 0.143. The minimum Gasteiger partial charge on any atom is -0.323 e. The van der Waals surface area contributed by atoms with Crippen molar-refractivity contribution in [3.05, 3.63) is 62.8 Å². The molecule has 1 amide bonds. The van der Waals surface area contributed by atoms with Crippen molar-refractivity contribution >= 4 is 46.4 Å². The van der Waals surface area contributed by atoms with Crippen molar-refractivity contribution in [3.63, 3.8) is 0 Å². The maximum atomic E-state index is 13.0. The van der Waals surface area contributed by atoms with E-state index in [1.54, 1.807) is 19.1 Å². The van der Waals surface area contributed by atoms with Crippen LogP contribution in [0.25, 0.3) is 0 Å². The Balaban J connectivity index is 2.02. The topological polar surface area (TPSA) is 41.1 Å². The Hall–Kier alpha value is -1.33. The first kappa shape index (κ1) is 19.0. The molecular weight excluding hydrogens is 374 g/mol. The maximum absolute atomic E-state index is 13.0. The third-order valence-electron chi connectivity index (χ3n) is 3.51. The van der Waals surface area contributed by atoms with Crippen LogP contribution in [0.2, 0.25) is 15.1 Å². The van der Waals surface area contributed by atoms with Gasteiger partial charge in [0.05, 0.1) is 16.8 Å². The van der Waals surface area contributed by atoms with Gasteiger partial charge >= 0.3 is 0 Å².